The predicted molar refractivity (Wildman–Crippen MR) is 55.0 cm³/mol. The first kappa shape index (κ1) is 9.44. The molecule has 2 rings (SSSR count). The Morgan fingerprint density at radius 3 is 2.23 bits per heavy atom. The molecule has 0 aromatic carbocycles. The van der Waals surface area contributed by atoms with Gasteiger partial charge in [0, 0.05) is 44.8 Å². The van der Waals surface area contributed by atoms with E-state index in [1.54, 1.807) is 0 Å². The smallest absolute Gasteiger partial charge is 0.0351 e. The number of hydrogen-bond acceptors (Lipinski definition) is 3. The monoisotopic (exact) mass is 183 g/mol. The highest BCUT2D eigenvalue weighted by atomic mass is 15.3. The van der Waals surface area contributed by atoms with Crippen LogP contribution in [0.5, 0.6) is 0 Å². The summed E-state index contributed by atoms with van der Waals surface area (Å²) in [6.45, 7) is 8.64. The maximum Gasteiger partial charge on any atom is 0.0351 e. The van der Waals surface area contributed by atoms with Gasteiger partial charge in [-0.1, -0.05) is 0 Å². The number of piperazine rings is 1. The maximum atomic E-state index is 2.66. The Morgan fingerprint density at radius 1 is 1.00 bits per heavy atom. The fourth-order valence-corrected chi connectivity index (χ4v) is 2.31. The van der Waals surface area contributed by atoms with Gasteiger partial charge >= 0.3 is 0 Å². The quantitative estimate of drug-likeness (QED) is 0.564. The van der Waals surface area contributed by atoms with E-state index in [1.807, 2.05) is 0 Å². The fourth-order valence-electron chi connectivity index (χ4n) is 2.31. The number of likely N-dealkylation sites (tertiary alicyclic amines) is 1. The Balaban J connectivity index is 1.82. The second-order valence-corrected chi connectivity index (χ2v) is 4.70. The third-order valence-electron chi connectivity index (χ3n) is 3.55. The number of hydrogen-bond donors (Lipinski definition) is 0. The Bertz CT molecular complexity index is 177. The minimum absolute atomic E-state index is 0.736. The molecule has 2 fully saturated rings. The topological polar surface area (TPSA) is 9.72 Å². The van der Waals surface area contributed by atoms with Crippen molar-refractivity contribution in [2.24, 2.45) is 0 Å². The molecule has 0 bridgehead atoms. The van der Waals surface area contributed by atoms with Crippen molar-refractivity contribution in [2.75, 3.05) is 46.8 Å². The lowest BCUT2D eigenvalue weighted by Crippen LogP contribution is -2.63. The summed E-state index contributed by atoms with van der Waals surface area (Å²) < 4.78 is 0. The van der Waals surface area contributed by atoms with Gasteiger partial charge in [-0.3, -0.25) is 4.90 Å². The van der Waals surface area contributed by atoms with Crippen LogP contribution in [0, 0.1) is 0 Å². The van der Waals surface area contributed by atoms with Gasteiger partial charge in [-0.2, -0.15) is 0 Å². The summed E-state index contributed by atoms with van der Waals surface area (Å²) in [5, 5.41) is 0. The molecule has 0 aliphatic carbocycles. The molecule has 2 saturated heterocycles. The van der Waals surface area contributed by atoms with Crippen LogP contribution in [0.1, 0.15) is 6.92 Å². The summed E-state index contributed by atoms with van der Waals surface area (Å²) in [6, 6.07) is 1.58. The van der Waals surface area contributed by atoms with Crippen molar-refractivity contribution in [3.8, 4) is 0 Å². The molecule has 13 heavy (non-hydrogen) atoms. The van der Waals surface area contributed by atoms with Crippen molar-refractivity contribution in [3.05, 3.63) is 0 Å². The van der Waals surface area contributed by atoms with Gasteiger partial charge in [0.05, 0.1) is 0 Å². The van der Waals surface area contributed by atoms with Crippen LogP contribution in [0.15, 0.2) is 0 Å². The van der Waals surface area contributed by atoms with E-state index in [2.05, 4.69) is 35.7 Å². The van der Waals surface area contributed by atoms with Crippen molar-refractivity contribution in [2.45, 2.75) is 19.0 Å². The summed E-state index contributed by atoms with van der Waals surface area (Å²) in [5.41, 5.74) is 0. The zero-order valence-electron chi connectivity index (χ0n) is 9.03. The highest BCUT2D eigenvalue weighted by Crippen LogP contribution is 2.16. The lowest BCUT2D eigenvalue weighted by atomic mass is 10.1. The van der Waals surface area contributed by atoms with Gasteiger partial charge < -0.3 is 9.80 Å². The fraction of sp³-hybridized carbons (Fsp3) is 1.00. The molecule has 0 aromatic heterocycles. The molecule has 2 heterocycles. The standard InChI is InChI=1S/C10H21N3/c1-9-6-13(5-4-12(9)3)10-7-11(2)8-10/h9-10H,4-8H2,1-3H3/t9-/m0/s1. The first-order valence-corrected chi connectivity index (χ1v) is 5.29. The van der Waals surface area contributed by atoms with Crippen LogP contribution >= 0.6 is 0 Å². The molecule has 0 radical (unpaired) electrons. The third kappa shape index (κ3) is 1.87. The Labute approximate surface area is 81.3 Å². The van der Waals surface area contributed by atoms with Crippen LogP contribution in [0.2, 0.25) is 0 Å². The van der Waals surface area contributed by atoms with Gasteiger partial charge in [0.1, 0.15) is 0 Å². The second kappa shape index (κ2) is 3.56. The molecule has 0 saturated carbocycles. The van der Waals surface area contributed by atoms with Gasteiger partial charge in [0.25, 0.3) is 0 Å². The van der Waals surface area contributed by atoms with E-state index in [1.165, 1.54) is 32.7 Å². The average molecular weight is 183 g/mol. The lowest BCUT2D eigenvalue weighted by Gasteiger charge is -2.48. The van der Waals surface area contributed by atoms with E-state index < -0.39 is 0 Å². The molecule has 0 N–H and O–H groups in total. The second-order valence-electron chi connectivity index (χ2n) is 4.70. The minimum atomic E-state index is 0.736. The van der Waals surface area contributed by atoms with Gasteiger partial charge in [0.2, 0.25) is 0 Å². The first-order chi connectivity index (χ1) is 6.16. The molecular weight excluding hydrogens is 162 g/mol. The molecule has 0 aromatic rings. The maximum absolute atomic E-state index is 2.66. The summed E-state index contributed by atoms with van der Waals surface area (Å²) in [6.07, 6.45) is 0. The molecule has 0 unspecified atom stereocenters. The van der Waals surface area contributed by atoms with E-state index in [9.17, 15) is 0 Å². The third-order valence-corrected chi connectivity index (χ3v) is 3.55. The average Bonchev–Trinajstić information content (AvgIpc) is 2.05. The van der Waals surface area contributed by atoms with Gasteiger partial charge in [0.15, 0.2) is 0 Å². The Hall–Kier alpha value is -0.120. The van der Waals surface area contributed by atoms with Crippen molar-refractivity contribution in [1.29, 1.82) is 0 Å². The molecule has 2 aliphatic rings. The van der Waals surface area contributed by atoms with Gasteiger partial charge in [-0.15, -0.1) is 0 Å². The molecular formula is C10H21N3. The van der Waals surface area contributed by atoms with Crippen molar-refractivity contribution >= 4 is 0 Å². The van der Waals surface area contributed by atoms with Crippen LogP contribution < -0.4 is 0 Å². The van der Waals surface area contributed by atoms with Crippen LogP contribution in [0.3, 0.4) is 0 Å². The zero-order valence-corrected chi connectivity index (χ0v) is 9.03. The molecule has 3 nitrogen and oxygen atoms in total. The van der Waals surface area contributed by atoms with E-state index in [-0.39, 0.29) is 0 Å². The van der Waals surface area contributed by atoms with Crippen LogP contribution in [-0.2, 0) is 0 Å². The highest BCUT2D eigenvalue weighted by molar-refractivity contribution is 4.90. The minimum Gasteiger partial charge on any atom is -0.303 e. The highest BCUT2D eigenvalue weighted by Gasteiger charge is 2.32. The van der Waals surface area contributed by atoms with Crippen LogP contribution in [0.4, 0.5) is 0 Å². The Morgan fingerprint density at radius 2 is 1.69 bits per heavy atom. The summed E-state index contributed by atoms with van der Waals surface area (Å²) in [5.74, 6) is 0. The molecule has 0 amide bonds. The first-order valence-electron chi connectivity index (χ1n) is 5.29. The Kier molecular flexibility index (Phi) is 2.58. The van der Waals surface area contributed by atoms with Crippen molar-refractivity contribution in [3.63, 3.8) is 0 Å². The zero-order chi connectivity index (χ0) is 9.42. The number of rotatable bonds is 1. The van der Waals surface area contributed by atoms with E-state index in [4.69, 9.17) is 0 Å². The summed E-state index contributed by atoms with van der Waals surface area (Å²) in [4.78, 5) is 7.51. The van der Waals surface area contributed by atoms with Crippen LogP contribution in [-0.4, -0.2) is 73.6 Å². The van der Waals surface area contributed by atoms with Gasteiger partial charge in [-0.25, -0.2) is 0 Å². The normalized spacial score (nSPS) is 34.8. The lowest BCUT2D eigenvalue weighted by molar-refractivity contribution is 0.00480. The largest absolute Gasteiger partial charge is 0.303 e. The SMILES string of the molecule is C[C@H]1CN(C2CN(C)C2)CCN1C. The van der Waals surface area contributed by atoms with E-state index in [0.29, 0.717) is 0 Å². The van der Waals surface area contributed by atoms with E-state index in [0.717, 1.165) is 12.1 Å². The molecule has 2 aliphatic heterocycles. The number of nitrogens with zero attached hydrogens (tertiary/aromatic N) is 3. The molecule has 76 valence electrons. The summed E-state index contributed by atoms with van der Waals surface area (Å²) in [7, 11) is 4.44. The van der Waals surface area contributed by atoms with Crippen LogP contribution in [0.25, 0.3) is 0 Å². The molecule has 0 spiro atoms. The number of likely N-dealkylation sites (N-methyl/N-ethyl adjacent to an activating group) is 2. The molecule has 3 heteroatoms. The van der Waals surface area contributed by atoms with Crippen molar-refractivity contribution < 1.29 is 0 Å². The predicted octanol–water partition coefficient (Wildman–Crippen LogP) is -0.0637. The summed E-state index contributed by atoms with van der Waals surface area (Å²) >= 11 is 0. The van der Waals surface area contributed by atoms with Gasteiger partial charge in [-0.05, 0) is 21.0 Å². The van der Waals surface area contributed by atoms with Crippen molar-refractivity contribution in [1.82, 2.24) is 14.7 Å². The van der Waals surface area contributed by atoms with E-state index >= 15 is 0 Å². The molecule has 1 atom stereocenters.